The van der Waals surface area contributed by atoms with Crippen molar-refractivity contribution in [2.45, 2.75) is 46.1 Å². The summed E-state index contributed by atoms with van der Waals surface area (Å²) < 4.78 is 5.94. The van der Waals surface area contributed by atoms with Gasteiger partial charge < -0.3 is 9.57 Å². The molecular weight excluding hydrogens is 314 g/mol. The molecule has 0 bridgehead atoms. The number of carbonyl (C=O) groups is 1. The summed E-state index contributed by atoms with van der Waals surface area (Å²) in [6, 6.07) is 7.86. The average molecular weight is 340 g/mol. The van der Waals surface area contributed by atoms with Crippen molar-refractivity contribution in [1.82, 2.24) is 5.06 Å². The average Bonchev–Trinajstić information content (AvgIpc) is 2.48. The summed E-state index contributed by atoms with van der Waals surface area (Å²) in [6.45, 7) is 7.73. The van der Waals surface area contributed by atoms with Crippen molar-refractivity contribution in [3.05, 3.63) is 34.9 Å². The molecule has 1 aliphatic rings. The van der Waals surface area contributed by atoms with Gasteiger partial charge in [0.2, 0.25) is 0 Å². The number of carbonyl (C=O) groups excluding carboxylic acids is 1. The highest BCUT2D eigenvalue weighted by molar-refractivity contribution is 6.30. The maximum atomic E-state index is 11.9. The van der Waals surface area contributed by atoms with Gasteiger partial charge in [0.25, 0.3) is 0 Å². The lowest BCUT2D eigenvalue weighted by Crippen LogP contribution is -2.40. The molecule has 1 heterocycles. The van der Waals surface area contributed by atoms with Gasteiger partial charge in [-0.25, -0.2) is 4.79 Å². The third kappa shape index (κ3) is 6.13. The molecule has 1 aromatic rings. The summed E-state index contributed by atoms with van der Waals surface area (Å²) in [7, 11) is 0. The van der Waals surface area contributed by atoms with Crippen molar-refractivity contribution in [2.24, 2.45) is 5.41 Å². The molecule has 0 spiro atoms. The topological polar surface area (TPSA) is 38.8 Å². The Bertz CT molecular complexity index is 519. The Labute approximate surface area is 143 Å². The number of hydrogen-bond acceptors (Lipinski definition) is 4. The summed E-state index contributed by atoms with van der Waals surface area (Å²) in [5.74, 6) is -0.183. The molecule has 128 valence electrons. The van der Waals surface area contributed by atoms with E-state index in [2.05, 4.69) is 6.07 Å². The largest absolute Gasteiger partial charge is 0.378 e. The van der Waals surface area contributed by atoms with Crippen molar-refractivity contribution in [3.63, 3.8) is 0 Å². The van der Waals surface area contributed by atoms with E-state index in [-0.39, 0.29) is 12.1 Å². The molecule has 0 amide bonds. The molecule has 1 saturated heterocycles. The van der Waals surface area contributed by atoms with Gasteiger partial charge in [0, 0.05) is 18.1 Å². The van der Waals surface area contributed by atoms with E-state index in [1.165, 1.54) is 5.56 Å². The molecule has 0 radical (unpaired) electrons. The molecular formula is C18H26ClNO3. The van der Waals surface area contributed by atoms with Crippen molar-refractivity contribution < 1.29 is 14.4 Å². The van der Waals surface area contributed by atoms with Crippen molar-refractivity contribution >= 4 is 17.6 Å². The smallest absolute Gasteiger partial charge is 0.330 e. The van der Waals surface area contributed by atoms with Gasteiger partial charge in [0.1, 0.15) is 0 Å². The van der Waals surface area contributed by atoms with Crippen LogP contribution in [0.2, 0.25) is 5.02 Å². The SMILES string of the molecule is CC(C)(C)C(=O)ON1CCC(OCCc2cccc(Cl)c2)CC1. The minimum atomic E-state index is -0.468. The molecule has 1 aliphatic heterocycles. The van der Waals surface area contributed by atoms with E-state index in [1.54, 1.807) is 5.06 Å². The minimum Gasteiger partial charge on any atom is -0.378 e. The van der Waals surface area contributed by atoms with Gasteiger partial charge in [-0.2, -0.15) is 0 Å². The molecule has 1 aromatic carbocycles. The normalized spacial score (nSPS) is 17.2. The van der Waals surface area contributed by atoms with Gasteiger partial charge in [-0.1, -0.05) is 23.7 Å². The zero-order valence-corrected chi connectivity index (χ0v) is 14.9. The fraction of sp³-hybridized carbons (Fsp3) is 0.611. The van der Waals surface area contributed by atoms with Crippen molar-refractivity contribution in [2.75, 3.05) is 19.7 Å². The highest BCUT2D eigenvalue weighted by Crippen LogP contribution is 2.20. The van der Waals surface area contributed by atoms with Gasteiger partial charge >= 0.3 is 5.97 Å². The van der Waals surface area contributed by atoms with Gasteiger partial charge in [-0.05, 0) is 57.7 Å². The molecule has 2 rings (SSSR count). The Hall–Kier alpha value is -1.10. The Morgan fingerprint density at radius 2 is 2.00 bits per heavy atom. The molecule has 1 fully saturated rings. The number of halogens is 1. The van der Waals surface area contributed by atoms with Crippen LogP contribution in [0.15, 0.2) is 24.3 Å². The highest BCUT2D eigenvalue weighted by atomic mass is 35.5. The number of piperidine rings is 1. The van der Waals surface area contributed by atoms with Crippen LogP contribution >= 0.6 is 11.6 Å². The zero-order chi connectivity index (χ0) is 16.9. The first kappa shape index (κ1) is 18.2. The molecule has 0 aromatic heterocycles. The third-order valence-electron chi connectivity index (χ3n) is 3.86. The summed E-state index contributed by atoms with van der Waals surface area (Å²) in [4.78, 5) is 17.3. The number of hydroxylamine groups is 2. The summed E-state index contributed by atoms with van der Waals surface area (Å²) >= 11 is 5.97. The first-order valence-electron chi connectivity index (χ1n) is 8.18. The summed E-state index contributed by atoms with van der Waals surface area (Å²) in [6.07, 6.45) is 2.86. The van der Waals surface area contributed by atoms with Gasteiger partial charge in [-0.15, -0.1) is 5.06 Å². The lowest BCUT2D eigenvalue weighted by molar-refractivity contribution is -0.209. The van der Waals surface area contributed by atoms with E-state index in [9.17, 15) is 4.79 Å². The molecule has 5 heteroatoms. The first-order valence-corrected chi connectivity index (χ1v) is 8.56. The first-order chi connectivity index (χ1) is 10.8. The van der Waals surface area contributed by atoms with E-state index < -0.39 is 5.41 Å². The maximum absolute atomic E-state index is 11.9. The molecule has 0 N–H and O–H groups in total. The Morgan fingerprint density at radius 1 is 1.30 bits per heavy atom. The van der Waals surface area contributed by atoms with Crippen LogP contribution in [0.4, 0.5) is 0 Å². The zero-order valence-electron chi connectivity index (χ0n) is 14.2. The van der Waals surface area contributed by atoms with E-state index in [0.717, 1.165) is 37.4 Å². The van der Waals surface area contributed by atoms with Crippen LogP contribution in [0.5, 0.6) is 0 Å². The van der Waals surface area contributed by atoms with Gasteiger partial charge in [0.15, 0.2) is 0 Å². The monoisotopic (exact) mass is 339 g/mol. The Morgan fingerprint density at radius 3 is 2.61 bits per heavy atom. The summed E-state index contributed by atoms with van der Waals surface area (Å²) in [5, 5.41) is 2.51. The lowest BCUT2D eigenvalue weighted by Gasteiger charge is -2.32. The lowest BCUT2D eigenvalue weighted by atomic mass is 9.98. The van der Waals surface area contributed by atoms with Crippen molar-refractivity contribution in [1.29, 1.82) is 0 Å². The van der Waals surface area contributed by atoms with Gasteiger partial charge in [-0.3, -0.25) is 0 Å². The van der Waals surface area contributed by atoms with Crippen LogP contribution in [0.3, 0.4) is 0 Å². The fourth-order valence-electron chi connectivity index (χ4n) is 2.38. The number of nitrogens with zero attached hydrogens (tertiary/aromatic N) is 1. The molecule has 0 aliphatic carbocycles. The van der Waals surface area contributed by atoms with Crippen LogP contribution in [0.1, 0.15) is 39.2 Å². The quantitative estimate of drug-likeness (QED) is 0.816. The summed E-state index contributed by atoms with van der Waals surface area (Å²) in [5.41, 5.74) is 0.721. The maximum Gasteiger partial charge on any atom is 0.330 e. The van der Waals surface area contributed by atoms with Crippen LogP contribution in [0.25, 0.3) is 0 Å². The molecule has 23 heavy (non-hydrogen) atoms. The van der Waals surface area contributed by atoms with Crippen molar-refractivity contribution in [3.8, 4) is 0 Å². The van der Waals surface area contributed by atoms with Crippen LogP contribution in [-0.2, 0) is 20.8 Å². The second-order valence-corrected chi connectivity index (χ2v) is 7.44. The van der Waals surface area contributed by atoms with E-state index >= 15 is 0 Å². The van der Waals surface area contributed by atoms with E-state index in [1.807, 2.05) is 39.0 Å². The standard InChI is InChI=1S/C18H26ClNO3/c1-18(2,3)17(21)23-20-10-7-16(8-11-20)22-12-9-14-5-4-6-15(19)13-14/h4-6,13,16H,7-12H2,1-3H3. The Balaban J connectivity index is 1.66. The number of rotatable bonds is 5. The Kier molecular flexibility index (Phi) is 6.45. The minimum absolute atomic E-state index is 0.183. The highest BCUT2D eigenvalue weighted by Gasteiger charge is 2.28. The van der Waals surface area contributed by atoms with E-state index in [4.69, 9.17) is 21.2 Å². The second-order valence-electron chi connectivity index (χ2n) is 7.01. The molecule has 0 saturated carbocycles. The third-order valence-corrected chi connectivity index (χ3v) is 4.09. The predicted molar refractivity (Wildman–Crippen MR) is 91.3 cm³/mol. The number of benzene rings is 1. The molecule has 4 nitrogen and oxygen atoms in total. The number of hydrogen-bond donors (Lipinski definition) is 0. The number of ether oxygens (including phenoxy) is 1. The van der Waals surface area contributed by atoms with Crippen LogP contribution in [0, 0.1) is 5.41 Å². The van der Waals surface area contributed by atoms with Crippen LogP contribution < -0.4 is 0 Å². The second kappa shape index (κ2) is 8.13. The predicted octanol–water partition coefficient (Wildman–Crippen LogP) is 3.87. The van der Waals surface area contributed by atoms with Gasteiger partial charge in [0.05, 0.1) is 18.1 Å². The van der Waals surface area contributed by atoms with Crippen LogP contribution in [-0.4, -0.2) is 36.8 Å². The van der Waals surface area contributed by atoms with E-state index in [0.29, 0.717) is 6.61 Å². The molecule has 0 unspecified atom stereocenters. The molecule has 0 atom stereocenters. The fourth-order valence-corrected chi connectivity index (χ4v) is 2.59.